The summed E-state index contributed by atoms with van der Waals surface area (Å²) >= 11 is 0. The van der Waals surface area contributed by atoms with Crippen molar-refractivity contribution >= 4 is 17.0 Å². The van der Waals surface area contributed by atoms with Gasteiger partial charge in [-0.25, -0.2) is 9.78 Å². The first kappa shape index (κ1) is 12.4. The number of benzene rings is 2. The normalized spacial score (nSPS) is 10.8. The molecule has 0 saturated carbocycles. The number of carboxylic acid groups (broad SMARTS) is 1. The first-order chi connectivity index (χ1) is 9.69. The largest absolute Gasteiger partial charge is 0.478 e. The first-order valence-electron chi connectivity index (χ1n) is 6.49. The van der Waals surface area contributed by atoms with E-state index < -0.39 is 5.97 Å². The molecular formula is C16H14N2O2. The van der Waals surface area contributed by atoms with E-state index in [9.17, 15) is 4.79 Å². The number of hydrogen-bond acceptors (Lipinski definition) is 2. The molecule has 0 unspecified atom stereocenters. The van der Waals surface area contributed by atoms with E-state index in [0.717, 1.165) is 23.1 Å². The zero-order valence-electron chi connectivity index (χ0n) is 11.1. The second-order valence-corrected chi connectivity index (χ2v) is 4.65. The Labute approximate surface area is 116 Å². The summed E-state index contributed by atoms with van der Waals surface area (Å²) in [4.78, 5) is 15.4. The minimum Gasteiger partial charge on any atom is -0.478 e. The summed E-state index contributed by atoms with van der Waals surface area (Å²) in [6.07, 6.45) is 2.69. The van der Waals surface area contributed by atoms with Crippen LogP contribution in [0.3, 0.4) is 0 Å². The second-order valence-electron chi connectivity index (χ2n) is 4.65. The molecular weight excluding hydrogens is 252 g/mol. The SMILES string of the molecule is CCc1cccc(-n2cnc3ccc(C(=O)O)cc32)c1. The highest BCUT2D eigenvalue weighted by Gasteiger charge is 2.09. The standard InChI is InChI=1S/C16H14N2O2/c1-2-11-4-3-5-13(8-11)18-10-17-14-7-6-12(16(19)20)9-15(14)18/h3-10H,2H2,1H3,(H,19,20). The summed E-state index contributed by atoms with van der Waals surface area (Å²) in [5.74, 6) is -0.929. The van der Waals surface area contributed by atoms with Gasteiger partial charge in [-0.2, -0.15) is 0 Å². The summed E-state index contributed by atoms with van der Waals surface area (Å²) in [6, 6.07) is 13.1. The van der Waals surface area contributed by atoms with Gasteiger partial charge in [0, 0.05) is 5.69 Å². The van der Waals surface area contributed by atoms with E-state index in [4.69, 9.17) is 5.11 Å². The molecule has 0 amide bonds. The molecule has 4 heteroatoms. The van der Waals surface area contributed by atoms with Crippen molar-refractivity contribution in [2.75, 3.05) is 0 Å². The van der Waals surface area contributed by atoms with Gasteiger partial charge in [0.15, 0.2) is 0 Å². The third kappa shape index (κ3) is 2.05. The smallest absolute Gasteiger partial charge is 0.335 e. The van der Waals surface area contributed by atoms with Gasteiger partial charge in [0.05, 0.1) is 16.6 Å². The Kier molecular flexibility index (Phi) is 2.99. The van der Waals surface area contributed by atoms with Crippen LogP contribution < -0.4 is 0 Å². The number of nitrogens with zero attached hydrogens (tertiary/aromatic N) is 2. The van der Waals surface area contributed by atoms with Crippen molar-refractivity contribution in [1.82, 2.24) is 9.55 Å². The van der Waals surface area contributed by atoms with Gasteiger partial charge in [0.1, 0.15) is 6.33 Å². The van der Waals surface area contributed by atoms with Gasteiger partial charge >= 0.3 is 5.97 Å². The molecule has 2 aromatic carbocycles. The number of carbonyl (C=O) groups is 1. The van der Waals surface area contributed by atoms with Gasteiger partial charge in [-0.05, 0) is 42.3 Å². The molecule has 20 heavy (non-hydrogen) atoms. The molecule has 4 nitrogen and oxygen atoms in total. The molecule has 100 valence electrons. The molecule has 1 aromatic heterocycles. The number of rotatable bonds is 3. The van der Waals surface area contributed by atoms with E-state index in [1.54, 1.807) is 24.5 Å². The van der Waals surface area contributed by atoms with Gasteiger partial charge < -0.3 is 5.11 Å². The second kappa shape index (κ2) is 4.81. The molecule has 0 saturated heterocycles. The van der Waals surface area contributed by atoms with Crippen LogP contribution in [-0.2, 0) is 6.42 Å². The molecule has 0 spiro atoms. The summed E-state index contributed by atoms with van der Waals surface area (Å²) in [5.41, 5.74) is 4.09. The third-order valence-corrected chi connectivity index (χ3v) is 3.39. The van der Waals surface area contributed by atoms with Crippen LogP contribution in [0, 0.1) is 0 Å². The lowest BCUT2D eigenvalue weighted by molar-refractivity contribution is 0.0697. The lowest BCUT2D eigenvalue weighted by Crippen LogP contribution is -1.98. The molecule has 1 N–H and O–H groups in total. The summed E-state index contributed by atoms with van der Waals surface area (Å²) in [5, 5.41) is 9.10. The molecule has 0 aliphatic carbocycles. The molecule has 0 atom stereocenters. The number of aromatic carboxylic acids is 1. The Balaban J connectivity index is 2.20. The Morgan fingerprint density at radius 2 is 2.10 bits per heavy atom. The van der Waals surface area contributed by atoms with Crippen LogP contribution in [0.2, 0.25) is 0 Å². The van der Waals surface area contributed by atoms with Gasteiger partial charge in [-0.1, -0.05) is 19.1 Å². The van der Waals surface area contributed by atoms with Gasteiger partial charge in [0.2, 0.25) is 0 Å². The van der Waals surface area contributed by atoms with Crippen LogP contribution in [0.15, 0.2) is 48.8 Å². The predicted molar refractivity (Wildman–Crippen MR) is 77.4 cm³/mol. The number of fused-ring (bicyclic) bond motifs is 1. The zero-order chi connectivity index (χ0) is 14.1. The maximum atomic E-state index is 11.1. The molecule has 0 aliphatic rings. The minimum absolute atomic E-state index is 0.269. The molecule has 1 heterocycles. The predicted octanol–water partition coefficient (Wildman–Crippen LogP) is 3.29. The Morgan fingerprint density at radius 1 is 1.25 bits per heavy atom. The number of aryl methyl sites for hydroxylation is 1. The highest BCUT2D eigenvalue weighted by Crippen LogP contribution is 2.20. The number of aromatic nitrogens is 2. The van der Waals surface area contributed by atoms with E-state index >= 15 is 0 Å². The number of hydrogen-bond donors (Lipinski definition) is 1. The van der Waals surface area contributed by atoms with Crippen LogP contribution in [0.4, 0.5) is 0 Å². The minimum atomic E-state index is -0.929. The van der Waals surface area contributed by atoms with E-state index in [0.29, 0.717) is 0 Å². The topological polar surface area (TPSA) is 55.1 Å². The van der Waals surface area contributed by atoms with Crippen molar-refractivity contribution in [3.05, 3.63) is 59.9 Å². The van der Waals surface area contributed by atoms with E-state index in [1.165, 1.54) is 5.56 Å². The highest BCUT2D eigenvalue weighted by atomic mass is 16.4. The van der Waals surface area contributed by atoms with Gasteiger partial charge in [0.25, 0.3) is 0 Å². The lowest BCUT2D eigenvalue weighted by Gasteiger charge is -2.06. The van der Waals surface area contributed by atoms with Crippen molar-refractivity contribution in [2.24, 2.45) is 0 Å². The van der Waals surface area contributed by atoms with Crippen molar-refractivity contribution in [3.8, 4) is 5.69 Å². The van der Waals surface area contributed by atoms with Crippen LogP contribution in [0.25, 0.3) is 16.7 Å². The average molecular weight is 266 g/mol. The third-order valence-electron chi connectivity index (χ3n) is 3.39. The van der Waals surface area contributed by atoms with Gasteiger partial charge in [-0.3, -0.25) is 4.57 Å². The van der Waals surface area contributed by atoms with Crippen LogP contribution in [0.5, 0.6) is 0 Å². The Hall–Kier alpha value is -2.62. The zero-order valence-corrected chi connectivity index (χ0v) is 11.1. The molecule has 0 radical (unpaired) electrons. The van der Waals surface area contributed by atoms with Crippen molar-refractivity contribution in [3.63, 3.8) is 0 Å². The van der Waals surface area contributed by atoms with Crippen LogP contribution >= 0.6 is 0 Å². The van der Waals surface area contributed by atoms with Crippen molar-refractivity contribution in [2.45, 2.75) is 13.3 Å². The fourth-order valence-corrected chi connectivity index (χ4v) is 2.27. The van der Waals surface area contributed by atoms with E-state index in [-0.39, 0.29) is 5.56 Å². The summed E-state index contributed by atoms with van der Waals surface area (Å²) < 4.78 is 1.92. The molecule has 3 aromatic rings. The Morgan fingerprint density at radius 3 is 2.85 bits per heavy atom. The average Bonchev–Trinajstić information content (AvgIpc) is 2.90. The maximum absolute atomic E-state index is 11.1. The van der Waals surface area contributed by atoms with Gasteiger partial charge in [-0.15, -0.1) is 0 Å². The van der Waals surface area contributed by atoms with E-state index in [2.05, 4.69) is 24.0 Å². The maximum Gasteiger partial charge on any atom is 0.335 e. The van der Waals surface area contributed by atoms with Crippen molar-refractivity contribution in [1.29, 1.82) is 0 Å². The molecule has 0 fully saturated rings. The molecule has 0 bridgehead atoms. The fraction of sp³-hybridized carbons (Fsp3) is 0.125. The summed E-state index contributed by atoms with van der Waals surface area (Å²) in [7, 11) is 0. The monoisotopic (exact) mass is 266 g/mol. The van der Waals surface area contributed by atoms with Crippen LogP contribution in [-0.4, -0.2) is 20.6 Å². The summed E-state index contributed by atoms with van der Waals surface area (Å²) in [6.45, 7) is 2.10. The Bertz CT molecular complexity index is 790. The number of imidazole rings is 1. The van der Waals surface area contributed by atoms with E-state index in [1.807, 2.05) is 16.7 Å². The highest BCUT2D eigenvalue weighted by molar-refractivity contribution is 5.92. The molecule has 3 rings (SSSR count). The quantitative estimate of drug-likeness (QED) is 0.791. The lowest BCUT2D eigenvalue weighted by atomic mass is 10.1. The number of carboxylic acids is 1. The molecule has 0 aliphatic heterocycles. The first-order valence-corrected chi connectivity index (χ1v) is 6.49. The van der Waals surface area contributed by atoms with Crippen LogP contribution in [0.1, 0.15) is 22.8 Å². The fourth-order valence-electron chi connectivity index (χ4n) is 2.27. The van der Waals surface area contributed by atoms with Crippen molar-refractivity contribution < 1.29 is 9.90 Å².